The third kappa shape index (κ3) is 4.51. The fourth-order valence-electron chi connectivity index (χ4n) is 2.74. The van der Waals surface area contributed by atoms with Gasteiger partial charge in [-0.2, -0.15) is 5.26 Å². The van der Waals surface area contributed by atoms with E-state index in [4.69, 9.17) is 0 Å². The molecule has 0 unspecified atom stereocenters. The third-order valence-corrected chi connectivity index (χ3v) is 5.36. The Morgan fingerprint density at radius 2 is 2.15 bits per heavy atom. The van der Waals surface area contributed by atoms with Gasteiger partial charge in [0.25, 0.3) is 5.91 Å². The first-order valence-electron chi connectivity index (χ1n) is 8.12. The largest absolute Gasteiger partial charge is 0.506 e. The maximum atomic E-state index is 12.3. The highest BCUT2D eigenvalue weighted by molar-refractivity contribution is 14.1. The van der Waals surface area contributed by atoms with Gasteiger partial charge in [0.2, 0.25) is 0 Å². The van der Waals surface area contributed by atoms with Crippen molar-refractivity contribution in [2.75, 3.05) is 6.54 Å². The number of H-pyrrole nitrogens is 1. The number of hydrogen-bond donors (Lipinski definition) is 3. The fraction of sp³-hybridized carbons (Fsp3) is 0.100. The molecule has 2 aromatic carbocycles. The van der Waals surface area contributed by atoms with Crippen molar-refractivity contribution in [1.29, 1.82) is 5.26 Å². The highest BCUT2D eigenvalue weighted by Crippen LogP contribution is 2.30. The number of halogens is 2. The molecule has 0 saturated carbocycles. The smallest absolute Gasteiger partial charge is 0.261 e. The predicted molar refractivity (Wildman–Crippen MR) is 117 cm³/mol. The zero-order valence-corrected chi connectivity index (χ0v) is 17.8. The number of carbonyl (C=O) groups is 1. The van der Waals surface area contributed by atoms with Gasteiger partial charge in [0.15, 0.2) is 0 Å². The number of rotatable bonds is 5. The molecule has 0 aliphatic heterocycles. The Morgan fingerprint density at radius 3 is 2.93 bits per heavy atom. The van der Waals surface area contributed by atoms with Gasteiger partial charge in [0, 0.05) is 33.7 Å². The van der Waals surface area contributed by atoms with E-state index in [1.807, 2.05) is 59.1 Å². The number of aromatic nitrogens is 1. The lowest BCUT2D eigenvalue weighted by Gasteiger charge is -2.06. The molecule has 0 saturated heterocycles. The lowest BCUT2D eigenvalue weighted by molar-refractivity contribution is -0.117. The Morgan fingerprint density at radius 1 is 1.37 bits per heavy atom. The number of phenolic OH excluding ortho intramolecular Hbond substituents is 1. The van der Waals surface area contributed by atoms with Gasteiger partial charge < -0.3 is 15.4 Å². The van der Waals surface area contributed by atoms with E-state index < -0.39 is 5.91 Å². The first kappa shape index (κ1) is 19.5. The molecule has 3 rings (SSSR count). The molecule has 0 spiro atoms. The molecule has 1 heterocycles. The summed E-state index contributed by atoms with van der Waals surface area (Å²) >= 11 is 5.34. The van der Waals surface area contributed by atoms with Crippen LogP contribution in [0.25, 0.3) is 17.0 Å². The Bertz CT molecular complexity index is 1080. The van der Waals surface area contributed by atoms with Crippen LogP contribution >= 0.6 is 38.5 Å². The van der Waals surface area contributed by atoms with Gasteiger partial charge in [-0.05, 0) is 58.9 Å². The van der Waals surface area contributed by atoms with Crippen molar-refractivity contribution < 1.29 is 9.90 Å². The first-order chi connectivity index (χ1) is 13.0. The average Bonchev–Trinajstić information content (AvgIpc) is 3.06. The molecule has 0 bridgehead atoms. The van der Waals surface area contributed by atoms with E-state index in [9.17, 15) is 15.2 Å². The molecule has 5 nitrogen and oxygen atoms in total. The van der Waals surface area contributed by atoms with E-state index in [0.717, 1.165) is 20.9 Å². The fourth-order valence-corrected chi connectivity index (χ4v) is 4.29. The first-order valence-corrected chi connectivity index (χ1v) is 9.99. The van der Waals surface area contributed by atoms with Crippen LogP contribution in [0.4, 0.5) is 0 Å². The number of benzene rings is 2. The second-order valence-corrected chi connectivity index (χ2v) is 7.94. The molecule has 3 N–H and O–H groups in total. The number of amides is 1. The Labute approximate surface area is 178 Å². The van der Waals surface area contributed by atoms with E-state index in [-0.39, 0.29) is 11.3 Å². The SMILES string of the molecule is N#C/C(=C\c1cc(Br)cc(I)c1O)C(=O)NCCc1c[nH]c2ccccc12. The van der Waals surface area contributed by atoms with E-state index in [1.54, 1.807) is 12.1 Å². The quantitative estimate of drug-likeness (QED) is 0.255. The molecule has 136 valence electrons. The summed E-state index contributed by atoms with van der Waals surface area (Å²) in [5.41, 5.74) is 2.51. The number of hydrogen-bond acceptors (Lipinski definition) is 3. The maximum Gasteiger partial charge on any atom is 0.261 e. The standard InChI is InChI=1S/C20H15BrIN3O2/c21-15-8-13(19(26)17(22)9-15)7-14(10-23)20(27)24-6-5-12-11-25-18-4-2-1-3-16(12)18/h1-4,7-9,11,25-26H,5-6H2,(H,24,27)/b14-7+. The topological polar surface area (TPSA) is 88.9 Å². The van der Waals surface area contributed by atoms with Crippen LogP contribution in [0, 0.1) is 14.9 Å². The van der Waals surface area contributed by atoms with Crippen molar-refractivity contribution >= 4 is 61.4 Å². The molecule has 0 aliphatic rings. The van der Waals surface area contributed by atoms with Crippen LogP contribution in [-0.2, 0) is 11.2 Å². The number of aromatic amines is 1. The third-order valence-electron chi connectivity index (χ3n) is 4.08. The Balaban J connectivity index is 1.70. The van der Waals surface area contributed by atoms with Crippen LogP contribution in [0.3, 0.4) is 0 Å². The summed E-state index contributed by atoms with van der Waals surface area (Å²) in [4.78, 5) is 15.5. The number of fused-ring (bicyclic) bond motifs is 1. The van der Waals surface area contributed by atoms with Crippen molar-refractivity contribution in [3.8, 4) is 11.8 Å². The van der Waals surface area contributed by atoms with Gasteiger partial charge in [-0.1, -0.05) is 34.1 Å². The number of nitrogens with one attached hydrogen (secondary N) is 2. The van der Waals surface area contributed by atoms with E-state index in [0.29, 0.717) is 22.1 Å². The molecule has 0 radical (unpaired) electrons. The molecule has 7 heteroatoms. The predicted octanol–water partition coefficient (Wildman–Crippen LogP) is 4.51. The van der Waals surface area contributed by atoms with Crippen LogP contribution in [0.2, 0.25) is 0 Å². The molecular weight excluding hydrogens is 521 g/mol. The van der Waals surface area contributed by atoms with E-state index >= 15 is 0 Å². The van der Waals surface area contributed by atoms with Crippen molar-refractivity contribution in [1.82, 2.24) is 10.3 Å². The van der Waals surface area contributed by atoms with E-state index in [1.165, 1.54) is 6.08 Å². The highest BCUT2D eigenvalue weighted by atomic mass is 127. The lowest BCUT2D eigenvalue weighted by atomic mass is 10.1. The van der Waals surface area contributed by atoms with Gasteiger partial charge in [-0.15, -0.1) is 0 Å². The van der Waals surface area contributed by atoms with Crippen molar-refractivity contribution in [3.05, 3.63) is 67.3 Å². The monoisotopic (exact) mass is 535 g/mol. The summed E-state index contributed by atoms with van der Waals surface area (Å²) < 4.78 is 1.39. The summed E-state index contributed by atoms with van der Waals surface area (Å²) in [7, 11) is 0. The Hall–Kier alpha value is -2.31. The summed E-state index contributed by atoms with van der Waals surface area (Å²) in [5, 5.41) is 23.4. The normalized spacial score (nSPS) is 11.4. The minimum atomic E-state index is -0.466. The van der Waals surface area contributed by atoms with Gasteiger partial charge in [0.05, 0.1) is 3.57 Å². The maximum absolute atomic E-state index is 12.3. The van der Waals surface area contributed by atoms with Gasteiger partial charge in [-0.3, -0.25) is 4.79 Å². The minimum Gasteiger partial charge on any atom is -0.506 e. The lowest BCUT2D eigenvalue weighted by Crippen LogP contribution is -2.26. The van der Waals surface area contributed by atoms with Crippen molar-refractivity contribution in [2.24, 2.45) is 0 Å². The van der Waals surface area contributed by atoms with E-state index in [2.05, 4.69) is 26.2 Å². The second kappa shape index (κ2) is 8.59. The molecule has 1 aromatic heterocycles. The number of phenols is 1. The summed E-state index contributed by atoms with van der Waals surface area (Å²) in [5.74, 6) is -0.426. The molecular formula is C20H15BrIN3O2. The average molecular weight is 536 g/mol. The summed E-state index contributed by atoms with van der Waals surface area (Å²) in [6.07, 6.45) is 3.97. The molecule has 0 aliphatic carbocycles. The summed E-state index contributed by atoms with van der Waals surface area (Å²) in [6, 6.07) is 13.3. The number of para-hydroxylation sites is 1. The van der Waals surface area contributed by atoms with Crippen molar-refractivity contribution in [3.63, 3.8) is 0 Å². The molecule has 27 heavy (non-hydrogen) atoms. The van der Waals surface area contributed by atoms with Gasteiger partial charge in [-0.25, -0.2) is 0 Å². The molecule has 3 aromatic rings. The molecule has 1 amide bonds. The number of carbonyl (C=O) groups excluding carboxylic acids is 1. The van der Waals surface area contributed by atoms with Gasteiger partial charge >= 0.3 is 0 Å². The Kier molecular flexibility index (Phi) is 6.19. The van der Waals surface area contributed by atoms with Gasteiger partial charge in [0.1, 0.15) is 17.4 Å². The molecule has 0 atom stereocenters. The second-order valence-electron chi connectivity index (χ2n) is 5.86. The van der Waals surface area contributed by atoms with Crippen LogP contribution < -0.4 is 5.32 Å². The zero-order valence-electron chi connectivity index (χ0n) is 14.1. The minimum absolute atomic E-state index is 0.0399. The highest BCUT2D eigenvalue weighted by Gasteiger charge is 2.12. The summed E-state index contributed by atoms with van der Waals surface area (Å²) in [6.45, 7) is 0.404. The molecule has 0 fully saturated rings. The van der Waals surface area contributed by atoms with Crippen LogP contribution in [-0.4, -0.2) is 22.5 Å². The van der Waals surface area contributed by atoms with Crippen LogP contribution in [0.5, 0.6) is 5.75 Å². The zero-order chi connectivity index (χ0) is 19.4. The van der Waals surface area contributed by atoms with Crippen LogP contribution in [0.15, 0.2) is 52.6 Å². The number of aromatic hydroxyl groups is 1. The van der Waals surface area contributed by atoms with Crippen LogP contribution in [0.1, 0.15) is 11.1 Å². The number of nitrogens with zero attached hydrogens (tertiary/aromatic N) is 1. The number of nitriles is 1. The van der Waals surface area contributed by atoms with Crippen molar-refractivity contribution in [2.45, 2.75) is 6.42 Å².